The van der Waals surface area contributed by atoms with Crippen molar-refractivity contribution in [3.05, 3.63) is 315 Å². The van der Waals surface area contributed by atoms with Crippen molar-refractivity contribution in [2.24, 2.45) is 0 Å². The van der Waals surface area contributed by atoms with Crippen molar-refractivity contribution in [3.63, 3.8) is 0 Å². The Labute approximate surface area is 658 Å². The molecule has 0 radical (unpaired) electrons. The van der Waals surface area contributed by atoms with Crippen LogP contribution in [0, 0.1) is 0 Å². The van der Waals surface area contributed by atoms with Crippen molar-refractivity contribution in [3.8, 4) is 23.0 Å². The number of fused-ring (bicyclic) bond motifs is 32. The van der Waals surface area contributed by atoms with Crippen molar-refractivity contribution in [2.75, 3.05) is 81.3 Å². The van der Waals surface area contributed by atoms with Gasteiger partial charge in [0.2, 0.25) is 0 Å². The lowest BCUT2D eigenvalue weighted by molar-refractivity contribution is 0.143. The van der Waals surface area contributed by atoms with E-state index in [1.165, 1.54) is 0 Å². The molecule has 0 aliphatic heterocycles. The second kappa shape index (κ2) is 31.1. The fourth-order valence-corrected chi connectivity index (χ4v) is 17.6. The molecule has 18 aromatic carbocycles. The van der Waals surface area contributed by atoms with Crippen molar-refractivity contribution in [2.45, 2.75) is 0 Å². The highest BCUT2D eigenvalue weighted by Crippen LogP contribution is 2.49. The van der Waals surface area contributed by atoms with Crippen LogP contribution in [-0.4, -0.2) is 91.3 Å². The summed E-state index contributed by atoms with van der Waals surface area (Å²) in [5.41, 5.74) is 3.79. The fourth-order valence-electron chi connectivity index (χ4n) is 17.6. The van der Waals surface area contributed by atoms with Gasteiger partial charge in [-0.05, 0) is 190 Å². The zero-order chi connectivity index (χ0) is 76.6. The number of benzene rings is 18. The summed E-state index contributed by atoms with van der Waals surface area (Å²) >= 11 is 0. The third kappa shape index (κ3) is 12.9. The van der Waals surface area contributed by atoms with Gasteiger partial charge in [0, 0.05) is 106 Å². The molecule has 114 heavy (non-hydrogen) atoms. The maximum Gasteiger partial charge on any atom is 0.131 e. The van der Waals surface area contributed by atoms with Gasteiger partial charge in [0.1, 0.15) is 49.4 Å². The van der Waals surface area contributed by atoms with Crippen LogP contribution in [0.1, 0.15) is 0 Å². The molecule has 556 valence electrons. The molecule has 0 aliphatic rings. The van der Waals surface area contributed by atoms with Crippen LogP contribution in [0.5, 0.6) is 23.0 Å². The third-order valence-corrected chi connectivity index (χ3v) is 22.3. The van der Waals surface area contributed by atoms with E-state index >= 15 is 0 Å². The van der Waals surface area contributed by atoms with E-state index in [1.54, 1.807) is 28.4 Å². The molecule has 1 aromatic heterocycles. The Balaban J connectivity index is 0.995. The smallest absolute Gasteiger partial charge is 0.131 e. The normalized spacial score (nSPS) is 11.8. The molecular formula is C104H82N2O8. The Morgan fingerprint density at radius 1 is 0.167 bits per heavy atom. The molecule has 19 aromatic rings. The number of ether oxygens (including phenoxy) is 8. The van der Waals surface area contributed by atoms with Crippen LogP contribution in [0.15, 0.2) is 315 Å². The van der Waals surface area contributed by atoms with Gasteiger partial charge in [-0.2, -0.15) is 0 Å². The van der Waals surface area contributed by atoms with Crippen LogP contribution in [0.3, 0.4) is 0 Å². The van der Waals surface area contributed by atoms with Crippen LogP contribution in [0.2, 0.25) is 0 Å². The highest BCUT2D eigenvalue weighted by molar-refractivity contribution is 6.38. The van der Waals surface area contributed by atoms with Crippen LogP contribution in [0.4, 0.5) is 0 Å². The lowest BCUT2D eigenvalue weighted by atomic mass is 9.90. The van der Waals surface area contributed by atoms with Gasteiger partial charge < -0.3 is 47.9 Å². The molecule has 0 fully saturated rings. The molecule has 19 rings (SSSR count). The van der Waals surface area contributed by atoms with Gasteiger partial charge in [0.15, 0.2) is 0 Å². The Morgan fingerprint density at radius 3 is 0.518 bits per heavy atom. The number of hydrogen-bond acceptors (Lipinski definition) is 8. The van der Waals surface area contributed by atoms with Crippen LogP contribution in [-0.2, 0) is 18.9 Å². The van der Waals surface area contributed by atoms with E-state index < -0.39 is 0 Å². The summed E-state index contributed by atoms with van der Waals surface area (Å²) in [4.78, 5) is 7.86. The van der Waals surface area contributed by atoms with Crippen molar-refractivity contribution in [1.82, 2.24) is 9.97 Å². The van der Waals surface area contributed by atoms with E-state index in [1.807, 2.05) is 0 Å². The maximum atomic E-state index is 7.00. The largest absolute Gasteiger partial charge is 0.490 e. The number of aromatic amines is 2. The third-order valence-electron chi connectivity index (χ3n) is 22.3. The Hall–Kier alpha value is -13.3. The minimum absolute atomic E-state index is 0.313. The topological polar surface area (TPSA) is 105 Å². The molecule has 0 saturated carbocycles. The summed E-state index contributed by atoms with van der Waals surface area (Å²) in [5, 5.41) is 34.1. The van der Waals surface area contributed by atoms with Gasteiger partial charge in [-0.25, -0.2) is 0 Å². The number of aromatic nitrogens is 2. The number of rotatable bonds is 16. The van der Waals surface area contributed by atoms with Gasteiger partial charge in [-0.1, -0.05) is 243 Å². The van der Waals surface area contributed by atoms with Gasteiger partial charge in [-0.3, -0.25) is 0 Å². The molecule has 10 nitrogen and oxygen atoms in total. The van der Waals surface area contributed by atoms with Crippen LogP contribution >= 0.6 is 0 Å². The lowest BCUT2D eigenvalue weighted by Crippen LogP contribution is -2.07. The zero-order valence-corrected chi connectivity index (χ0v) is 63.9. The first-order valence-corrected chi connectivity index (χ1v) is 39.0. The molecule has 0 saturated heterocycles. The Morgan fingerprint density at radius 2 is 0.342 bits per heavy atom. The lowest BCUT2D eigenvalue weighted by Gasteiger charge is -2.18. The average Bonchev–Trinajstić information content (AvgIpc) is 0.727. The highest BCUT2D eigenvalue weighted by Gasteiger charge is 2.22. The number of nitrogens with one attached hydrogen (secondary N) is 2. The quantitative estimate of drug-likeness (QED) is 0.0728. The summed E-state index contributed by atoms with van der Waals surface area (Å²) < 4.78 is 50.8. The number of methoxy groups -OCH3 is 4. The molecule has 0 atom stereocenters. The molecule has 2 N–H and O–H groups in total. The first-order valence-electron chi connectivity index (χ1n) is 39.0. The fraction of sp³-hybridized carbons (Fsp3) is 0.115. The second-order valence-electron chi connectivity index (χ2n) is 29.0. The molecule has 0 spiro atoms. The van der Waals surface area contributed by atoms with Gasteiger partial charge in [0.25, 0.3) is 0 Å². The highest BCUT2D eigenvalue weighted by atomic mass is 16.5. The zero-order valence-electron chi connectivity index (χ0n) is 63.9. The summed E-state index contributed by atoms with van der Waals surface area (Å²) in [6.45, 7) is 2.80. The summed E-state index contributed by atoms with van der Waals surface area (Å²) in [6.07, 6.45) is 0. The Kier molecular flexibility index (Phi) is 19.4. The van der Waals surface area contributed by atoms with Crippen LogP contribution < -0.4 is 18.9 Å². The van der Waals surface area contributed by atoms with Gasteiger partial charge in [-0.15, -0.1) is 0 Å². The van der Waals surface area contributed by atoms with E-state index in [0.717, 1.165) is 194 Å². The first-order chi connectivity index (χ1) is 56.4. The van der Waals surface area contributed by atoms with Gasteiger partial charge >= 0.3 is 0 Å². The van der Waals surface area contributed by atoms with Crippen molar-refractivity contribution < 1.29 is 37.9 Å². The number of H-pyrrole nitrogens is 2. The minimum atomic E-state index is 0.313. The molecule has 0 aliphatic carbocycles. The predicted octanol–water partition coefficient (Wildman–Crippen LogP) is 26.3. The SMILES string of the molecule is COCCOc1cc(OCCOC)c2cc1c1c3ccccc3c(c3cccc(c3)[nH]c3cccc(c3)c3c4ccccc4c(c4cc(c(OCCOC)cc4OCCOC)c4c5ccccc5c(c5cccc(c5)[nH]c5cccc(c5)c5c6ccccc6c2c2ccccc25)c2ccccc24)c2ccccc23)c2ccccc21. The monoisotopic (exact) mass is 1490 g/mol. The van der Waals surface area contributed by atoms with Crippen LogP contribution in [0.25, 0.3) is 194 Å². The summed E-state index contributed by atoms with van der Waals surface area (Å²) in [6, 6.07) is 115. The number of hydrogen-bond donors (Lipinski definition) is 2. The van der Waals surface area contributed by atoms with E-state index in [4.69, 9.17) is 37.9 Å². The summed E-state index contributed by atoms with van der Waals surface area (Å²) in [7, 11) is 6.83. The first kappa shape index (κ1) is 71.0. The van der Waals surface area contributed by atoms with Gasteiger partial charge in [0.05, 0.1) is 26.4 Å². The van der Waals surface area contributed by atoms with Crippen molar-refractivity contribution >= 4 is 194 Å². The van der Waals surface area contributed by atoms with E-state index in [0.29, 0.717) is 75.9 Å². The molecule has 0 amide bonds. The summed E-state index contributed by atoms with van der Waals surface area (Å²) in [5.74, 6) is 2.71. The molecule has 1 heterocycles. The Bertz CT molecular complexity index is 6360. The molecule has 20 bridgehead atoms. The maximum absolute atomic E-state index is 7.00. The second-order valence-corrected chi connectivity index (χ2v) is 29.0. The molecule has 10 heteroatoms. The van der Waals surface area contributed by atoms with E-state index in [9.17, 15) is 0 Å². The average molecular weight is 1490 g/mol. The standard InChI is InChI=1S/C104H82N2O8/c1-107-49-53-111-93-63-94(112-54-50-108-2)90-61-89(93)101-81-41-13-5-33-73(81)97(74-34-6-14-42-82(74)101)65-25-21-29-69(57-65)105-71-31-23-27-67(59-71)99-77-37-9-17-45-85(77)103(86-46-18-10-38-78(86)99)91-62-92(96(114-56-52-110-4)64-95(91)113-55-51-109-3)104-87-47-19-11-39-79(87)100(80-40-12-20-48-88(80)104)68-28-24-32-72(60-68)106-70-30-22-26-66(58-70)98-75-35-7-15-43-83(75)102(90)84-44-16-8-36-76(84)98/h5-48,57-64,105-106H,49-56H2,1-4H3. The molecule has 0 unspecified atom stereocenters. The van der Waals surface area contributed by atoms with Crippen molar-refractivity contribution in [1.29, 1.82) is 0 Å². The predicted molar refractivity (Wildman–Crippen MR) is 479 cm³/mol. The molecular weight excluding hydrogens is 1410 g/mol. The van der Waals surface area contributed by atoms with E-state index in [-0.39, 0.29) is 0 Å². The minimum Gasteiger partial charge on any atom is -0.490 e. The van der Waals surface area contributed by atoms with E-state index in [2.05, 4.69) is 325 Å².